The molecule has 20 heavy (non-hydrogen) atoms. The van der Waals surface area contributed by atoms with Crippen molar-refractivity contribution in [2.24, 2.45) is 5.73 Å². The molecule has 0 aliphatic heterocycles. The zero-order valence-electron chi connectivity index (χ0n) is 11.5. The topological polar surface area (TPSA) is 35.2 Å². The maximum atomic E-state index is 6.19. The summed E-state index contributed by atoms with van der Waals surface area (Å²) >= 11 is 12.2. The molecule has 0 aliphatic rings. The van der Waals surface area contributed by atoms with Crippen LogP contribution in [0.3, 0.4) is 0 Å². The molecule has 1 unspecified atom stereocenters. The van der Waals surface area contributed by atoms with Crippen molar-refractivity contribution in [3.63, 3.8) is 0 Å². The molecule has 2 aromatic rings. The fourth-order valence-corrected chi connectivity index (χ4v) is 2.43. The van der Waals surface area contributed by atoms with Crippen LogP contribution in [0.15, 0.2) is 36.4 Å². The van der Waals surface area contributed by atoms with Crippen LogP contribution in [-0.4, -0.2) is 6.04 Å². The van der Waals surface area contributed by atoms with E-state index >= 15 is 0 Å². The molecule has 0 aromatic heterocycles. The summed E-state index contributed by atoms with van der Waals surface area (Å²) in [4.78, 5) is 0. The minimum atomic E-state index is 0.0318. The molecular weight excluding hydrogens is 293 g/mol. The monoisotopic (exact) mass is 309 g/mol. The van der Waals surface area contributed by atoms with E-state index in [1.165, 1.54) is 0 Å². The van der Waals surface area contributed by atoms with Crippen LogP contribution in [0.2, 0.25) is 10.0 Å². The Morgan fingerprint density at radius 1 is 1.10 bits per heavy atom. The van der Waals surface area contributed by atoms with Gasteiger partial charge in [0.05, 0.1) is 5.02 Å². The van der Waals surface area contributed by atoms with Gasteiger partial charge in [-0.05, 0) is 61.7 Å². The smallest absolute Gasteiger partial charge is 0.146 e. The Morgan fingerprint density at radius 3 is 2.45 bits per heavy atom. The van der Waals surface area contributed by atoms with Crippen LogP contribution in [0.1, 0.15) is 18.1 Å². The van der Waals surface area contributed by atoms with Crippen molar-refractivity contribution in [2.75, 3.05) is 0 Å². The lowest BCUT2D eigenvalue weighted by molar-refractivity contribution is 0.474. The third-order valence-electron chi connectivity index (χ3n) is 2.87. The van der Waals surface area contributed by atoms with Crippen LogP contribution in [-0.2, 0) is 6.42 Å². The van der Waals surface area contributed by atoms with Crippen molar-refractivity contribution < 1.29 is 4.74 Å². The molecule has 0 heterocycles. The van der Waals surface area contributed by atoms with Gasteiger partial charge in [0.2, 0.25) is 0 Å². The van der Waals surface area contributed by atoms with Gasteiger partial charge in [-0.2, -0.15) is 0 Å². The van der Waals surface area contributed by atoms with Gasteiger partial charge in [0, 0.05) is 11.1 Å². The van der Waals surface area contributed by atoms with Gasteiger partial charge in [-0.25, -0.2) is 0 Å². The zero-order chi connectivity index (χ0) is 14.7. The maximum absolute atomic E-state index is 6.19. The molecular formula is C16H17Cl2NO. The summed E-state index contributed by atoms with van der Waals surface area (Å²) in [6.45, 7) is 3.93. The first kappa shape index (κ1) is 15.2. The fraction of sp³-hybridized carbons (Fsp3) is 0.250. The molecule has 0 aliphatic carbocycles. The molecule has 0 saturated heterocycles. The van der Waals surface area contributed by atoms with Gasteiger partial charge < -0.3 is 10.5 Å². The lowest BCUT2D eigenvalue weighted by Gasteiger charge is -2.14. The molecule has 4 heteroatoms. The van der Waals surface area contributed by atoms with Gasteiger partial charge in [0.15, 0.2) is 0 Å². The van der Waals surface area contributed by atoms with Crippen LogP contribution in [0.25, 0.3) is 0 Å². The first-order valence-electron chi connectivity index (χ1n) is 6.43. The Bertz CT molecular complexity index is 611. The van der Waals surface area contributed by atoms with E-state index in [9.17, 15) is 0 Å². The van der Waals surface area contributed by atoms with Crippen molar-refractivity contribution in [3.05, 3.63) is 57.6 Å². The number of nitrogens with two attached hydrogens (primary N) is 1. The lowest BCUT2D eigenvalue weighted by Crippen LogP contribution is -2.18. The number of benzene rings is 2. The minimum Gasteiger partial charge on any atom is -0.456 e. The van der Waals surface area contributed by atoms with Gasteiger partial charge in [-0.3, -0.25) is 0 Å². The highest BCUT2D eigenvalue weighted by Gasteiger charge is 2.10. The van der Waals surface area contributed by atoms with Crippen molar-refractivity contribution in [3.8, 4) is 11.5 Å². The molecule has 2 N–H and O–H groups in total. The molecule has 106 valence electrons. The van der Waals surface area contributed by atoms with E-state index in [1.807, 2.05) is 44.2 Å². The van der Waals surface area contributed by atoms with Gasteiger partial charge in [-0.1, -0.05) is 29.3 Å². The summed E-state index contributed by atoms with van der Waals surface area (Å²) in [5.74, 6) is 1.36. The first-order valence-corrected chi connectivity index (χ1v) is 7.19. The molecule has 0 fully saturated rings. The Balaban J connectivity index is 2.32. The van der Waals surface area contributed by atoms with E-state index in [-0.39, 0.29) is 6.04 Å². The summed E-state index contributed by atoms with van der Waals surface area (Å²) < 4.78 is 5.91. The number of aryl methyl sites for hydroxylation is 1. The Morgan fingerprint density at radius 2 is 1.80 bits per heavy atom. The predicted octanol–water partition coefficient (Wildman–Crippen LogP) is 4.98. The molecule has 0 spiro atoms. The van der Waals surface area contributed by atoms with Crippen LogP contribution >= 0.6 is 23.2 Å². The average Bonchev–Trinajstić information content (AvgIpc) is 2.34. The van der Waals surface area contributed by atoms with Crippen LogP contribution in [0.5, 0.6) is 11.5 Å². The zero-order valence-corrected chi connectivity index (χ0v) is 13.0. The standard InChI is InChI=1S/C16H17Cl2NO/c1-10-3-5-16(14(18)7-10)20-15-6-4-13(17)9-12(15)8-11(2)19/h3-7,9,11H,8,19H2,1-2H3. The number of ether oxygens (including phenoxy) is 1. The SMILES string of the molecule is Cc1ccc(Oc2ccc(Cl)cc2CC(C)N)c(Cl)c1. The summed E-state index contributed by atoms with van der Waals surface area (Å²) in [7, 11) is 0. The quantitative estimate of drug-likeness (QED) is 0.864. The first-order chi connectivity index (χ1) is 9.45. The highest BCUT2D eigenvalue weighted by Crippen LogP contribution is 2.33. The van der Waals surface area contributed by atoms with E-state index in [0.29, 0.717) is 22.2 Å². The van der Waals surface area contributed by atoms with Crippen LogP contribution < -0.4 is 10.5 Å². The van der Waals surface area contributed by atoms with E-state index in [0.717, 1.165) is 16.9 Å². The number of hydrogen-bond acceptors (Lipinski definition) is 2. The molecule has 0 amide bonds. The minimum absolute atomic E-state index is 0.0318. The highest BCUT2D eigenvalue weighted by atomic mass is 35.5. The second-order valence-electron chi connectivity index (χ2n) is 4.97. The summed E-state index contributed by atoms with van der Waals surface area (Å²) in [6.07, 6.45) is 0.694. The predicted molar refractivity (Wildman–Crippen MR) is 85.1 cm³/mol. The summed E-state index contributed by atoms with van der Waals surface area (Å²) in [6, 6.07) is 11.2. The van der Waals surface area contributed by atoms with Crippen molar-refractivity contribution in [1.82, 2.24) is 0 Å². The molecule has 2 aromatic carbocycles. The van der Waals surface area contributed by atoms with Gasteiger partial charge >= 0.3 is 0 Å². The van der Waals surface area contributed by atoms with Gasteiger partial charge in [0.25, 0.3) is 0 Å². The van der Waals surface area contributed by atoms with E-state index in [1.54, 1.807) is 6.07 Å². The molecule has 2 rings (SSSR count). The summed E-state index contributed by atoms with van der Waals surface area (Å²) in [5.41, 5.74) is 7.93. The Kier molecular flexibility index (Phi) is 4.92. The molecule has 0 radical (unpaired) electrons. The summed E-state index contributed by atoms with van der Waals surface area (Å²) in [5, 5.41) is 1.26. The van der Waals surface area contributed by atoms with Gasteiger partial charge in [0.1, 0.15) is 11.5 Å². The van der Waals surface area contributed by atoms with Crippen molar-refractivity contribution >= 4 is 23.2 Å². The van der Waals surface area contributed by atoms with E-state index < -0.39 is 0 Å². The Hall–Kier alpha value is -1.22. The van der Waals surface area contributed by atoms with Crippen LogP contribution in [0, 0.1) is 6.92 Å². The second kappa shape index (κ2) is 6.49. The molecule has 0 bridgehead atoms. The molecule has 1 atom stereocenters. The third kappa shape index (κ3) is 3.89. The fourth-order valence-electron chi connectivity index (χ4n) is 1.96. The third-order valence-corrected chi connectivity index (χ3v) is 3.40. The number of hydrogen-bond donors (Lipinski definition) is 1. The normalized spacial score (nSPS) is 12.2. The lowest BCUT2D eigenvalue weighted by atomic mass is 10.1. The second-order valence-corrected chi connectivity index (χ2v) is 5.81. The Labute approximate surface area is 129 Å². The number of rotatable bonds is 4. The molecule has 0 saturated carbocycles. The van der Waals surface area contributed by atoms with Gasteiger partial charge in [-0.15, -0.1) is 0 Å². The molecule has 2 nitrogen and oxygen atoms in total. The number of halogens is 2. The average molecular weight is 310 g/mol. The van der Waals surface area contributed by atoms with Crippen molar-refractivity contribution in [2.45, 2.75) is 26.3 Å². The largest absolute Gasteiger partial charge is 0.456 e. The van der Waals surface area contributed by atoms with Crippen molar-refractivity contribution in [1.29, 1.82) is 0 Å². The van der Waals surface area contributed by atoms with E-state index in [2.05, 4.69) is 0 Å². The van der Waals surface area contributed by atoms with E-state index in [4.69, 9.17) is 33.7 Å². The van der Waals surface area contributed by atoms with Crippen LogP contribution in [0.4, 0.5) is 0 Å². The maximum Gasteiger partial charge on any atom is 0.146 e. The highest BCUT2D eigenvalue weighted by molar-refractivity contribution is 6.32.